The fourth-order valence-corrected chi connectivity index (χ4v) is 1.11. The van der Waals surface area contributed by atoms with E-state index in [0.717, 1.165) is 4.68 Å². The van der Waals surface area contributed by atoms with Gasteiger partial charge in [0.05, 0.1) is 10.8 Å². The maximum absolute atomic E-state index is 10.4. The molecule has 0 aromatic carbocycles. The largest absolute Gasteiger partial charge is 0.480 e. The molecule has 14 heavy (non-hydrogen) atoms. The van der Waals surface area contributed by atoms with E-state index in [1.54, 1.807) is 0 Å². The first-order chi connectivity index (χ1) is 6.43. The van der Waals surface area contributed by atoms with Crippen LogP contribution >= 0.6 is 11.6 Å². The molecule has 8 heteroatoms. The van der Waals surface area contributed by atoms with Crippen molar-refractivity contribution >= 4 is 23.4 Å². The van der Waals surface area contributed by atoms with Crippen molar-refractivity contribution < 1.29 is 14.8 Å². The molecule has 0 unspecified atom stereocenters. The van der Waals surface area contributed by atoms with Gasteiger partial charge in [0.25, 0.3) is 0 Å². The summed E-state index contributed by atoms with van der Waals surface area (Å²) >= 11 is 5.57. The summed E-state index contributed by atoms with van der Waals surface area (Å²) in [6, 6.07) is 0. The molecule has 0 aliphatic rings. The molecule has 1 heterocycles. The van der Waals surface area contributed by atoms with Crippen molar-refractivity contribution in [3.05, 3.63) is 20.8 Å². The zero-order valence-electron chi connectivity index (χ0n) is 7.10. The Morgan fingerprint density at radius 2 is 2.36 bits per heavy atom. The molecular formula is C6H6ClN3O4. The number of hydrogen-bond acceptors (Lipinski definition) is 4. The summed E-state index contributed by atoms with van der Waals surface area (Å²) in [6.45, 7) is 1.02. The molecule has 0 saturated heterocycles. The smallest absolute Gasteiger partial charge is 0.408 e. The van der Waals surface area contributed by atoms with Crippen LogP contribution in [0.5, 0.6) is 0 Å². The Bertz CT molecular complexity index is 400. The maximum atomic E-state index is 10.4. The number of hydrogen-bond donors (Lipinski definition) is 1. The van der Waals surface area contributed by atoms with E-state index < -0.39 is 23.3 Å². The average Bonchev–Trinajstić information content (AvgIpc) is 2.32. The van der Waals surface area contributed by atoms with E-state index >= 15 is 0 Å². The Labute approximate surface area is 83.0 Å². The molecule has 1 N–H and O–H groups in total. The number of aliphatic carboxylic acids is 1. The van der Waals surface area contributed by atoms with E-state index in [4.69, 9.17) is 16.7 Å². The monoisotopic (exact) mass is 219 g/mol. The molecule has 76 valence electrons. The number of aromatic nitrogens is 2. The second-order valence-corrected chi connectivity index (χ2v) is 2.91. The average molecular weight is 220 g/mol. The third-order valence-corrected chi connectivity index (χ3v) is 2.02. The molecule has 0 bridgehead atoms. The van der Waals surface area contributed by atoms with E-state index in [9.17, 15) is 14.9 Å². The highest BCUT2D eigenvalue weighted by Gasteiger charge is 2.24. The lowest BCUT2D eigenvalue weighted by atomic mass is 10.4. The number of rotatable bonds is 3. The van der Waals surface area contributed by atoms with Crippen LogP contribution in [0.25, 0.3) is 0 Å². The fraction of sp³-hybridized carbons (Fsp3) is 0.333. The highest BCUT2D eigenvalue weighted by Crippen LogP contribution is 2.25. The number of carboxylic acids is 1. The minimum Gasteiger partial charge on any atom is -0.480 e. The maximum Gasteiger partial charge on any atom is 0.408 e. The second kappa shape index (κ2) is 3.62. The van der Waals surface area contributed by atoms with Crippen LogP contribution in [0.4, 0.5) is 5.82 Å². The molecule has 0 aliphatic heterocycles. The van der Waals surface area contributed by atoms with Gasteiger partial charge in [-0.1, -0.05) is 11.6 Å². The van der Waals surface area contributed by atoms with Crippen molar-refractivity contribution in [3.63, 3.8) is 0 Å². The van der Waals surface area contributed by atoms with Gasteiger partial charge in [-0.2, -0.15) is 4.68 Å². The van der Waals surface area contributed by atoms with Crippen LogP contribution in [0.15, 0.2) is 0 Å². The number of nitro groups is 1. The van der Waals surface area contributed by atoms with E-state index in [1.165, 1.54) is 6.92 Å². The summed E-state index contributed by atoms with van der Waals surface area (Å²) in [5, 5.41) is 22.2. The number of carbonyl (C=O) groups is 1. The Morgan fingerprint density at radius 1 is 1.79 bits per heavy atom. The van der Waals surface area contributed by atoms with Gasteiger partial charge in [-0.15, -0.1) is 0 Å². The Morgan fingerprint density at radius 3 is 2.71 bits per heavy atom. The lowest BCUT2D eigenvalue weighted by Gasteiger charge is -1.92. The van der Waals surface area contributed by atoms with Gasteiger partial charge in [0.2, 0.25) is 0 Å². The zero-order valence-corrected chi connectivity index (χ0v) is 7.85. The summed E-state index contributed by atoms with van der Waals surface area (Å²) in [5.74, 6) is -1.66. The number of halogens is 1. The SMILES string of the molecule is Cc1c(Cl)c([N+](=O)[O-])nn1CC(=O)O. The Kier molecular flexibility index (Phi) is 2.70. The molecule has 0 saturated carbocycles. The van der Waals surface area contributed by atoms with Gasteiger partial charge in [0, 0.05) is 0 Å². The standard InChI is InChI=1S/C6H6ClN3O4/c1-3-5(7)6(10(13)14)8-9(3)2-4(11)12/h2H2,1H3,(H,11,12). The van der Waals surface area contributed by atoms with Crippen molar-refractivity contribution in [2.75, 3.05) is 0 Å². The third kappa shape index (κ3) is 1.82. The quantitative estimate of drug-likeness (QED) is 0.600. The van der Waals surface area contributed by atoms with Crippen LogP contribution in [0.3, 0.4) is 0 Å². The van der Waals surface area contributed by atoms with E-state index in [0.29, 0.717) is 0 Å². The molecule has 0 spiro atoms. The molecule has 1 aromatic heterocycles. The summed E-state index contributed by atoms with van der Waals surface area (Å²) in [7, 11) is 0. The van der Waals surface area contributed by atoms with Crippen LogP contribution in [-0.2, 0) is 11.3 Å². The second-order valence-electron chi connectivity index (χ2n) is 2.53. The summed E-state index contributed by atoms with van der Waals surface area (Å²) < 4.78 is 0.975. The predicted octanol–water partition coefficient (Wildman–Crippen LogP) is 0.838. The van der Waals surface area contributed by atoms with Gasteiger partial charge in [0.1, 0.15) is 0 Å². The molecule has 0 amide bonds. The van der Waals surface area contributed by atoms with Gasteiger partial charge >= 0.3 is 11.8 Å². The normalized spacial score (nSPS) is 10.1. The lowest BCUT2D eigenvalue weighted by Crippen LogP contribution is -2.11. The van der Waals surface area contributed by atoms with Gasteiger partial charge in [-0.25, -0.2) is 0 Å². The molecule has 1 rings (SSSR count). The van der Waals surface area contributed by atoms with Gasteiger partial charge < -0.3 is 15.2 Å². The summed E-state index contributed by atoms with van der Waals surface area (Å²) in [4.78, 5) is 20.0. The molecule has 0 radical (unpaired) electrons. The Balaban J connectivity index is 3.15. The topological polar surface area (TPSA) is 98.3 Å². The summed E-state index contributed by atoms with van der Waals surface area (Å²) in [6.07, 6.45) is 0. The van der Waals surface area contributed by atoms with Crippen LogP contribution in [0.2, 0.25) is 5.02 Å². The fourth-order valence-electron chi connectivity index (χ4n) is 0.907. The minimum atomic E-state index is -1.14. The lowest BCUT2D eigenvalue weighted by molar-refractivity contribution is -0.389. The highest BCUT2D eigenvalue weighted by atomic mass is 35.5. The van der Waals surface area contributed by atoms with E-state index in [1.807, 2.05) is 0 Å². The van der Waals surface area contributed by atoms with Crippen molar-refractivity contribution in [2.45, 2.75) is 13.5 Å². The first-order valence-electron chi connectivity index (χ1n) is 3.52. The van der Waals surface area contributed by atoms with Gasteiger partial charge in [0.15, 0.2) is 11.6 Å². The highest BCUT2D eigenvalue weighted by molar-refractivity contribution is 6.33. The van der Waals surface area contributed by atoms with Crippen LogP contribution in [0.1, 0.15) is 5.69 Å². The van der Waals surface area contributed by atoms with Gasteiger partial charge in [-0.3, -0.25) is 4.79 Å². The molecule has 7 nitrogen and oxygen atoms in total. The molecule has 0 fully saturated rings. The first kappa shape index (κ1) is 10.5. The van der Waals surface area contributed by atoms with Crippen LogP contribution < -0.4 is 0 Å². The summed E-state index contributed by atoms with van der Waals surface area (Å²) in [5.41, 5.74) is 0.265. The zero-order chi connectivity index (χ0) is 10.9. The first-order valence-corrected chi connectivity index (χ1v) is 3.90. The molecule has 0 atom stereocenters. The van der Waals surface area contributed by atoms with Crippen molar-refractivity contribution in [1.82, 2.24) is 9.78 Å². The van der Waals surface area contributed by atoms with Crippen molar-refractivity contribution in [1.29, 1.82) is 0 Å². The van der Waals surface area contributed by atoms with Gasteiger partial charge in [-0.05, 0) is 11.8 Å². The van der Waals surface area contributed by atoms with Crippen molar-refractivity contribution in [2.24, 2.45) is 0 Å². The van der Waals surface area contributed by atoms with Crippen molar-refractivity contribution in [3.8, 4) is 0 Å². The predicted molar refractivity (Wildman–Crippen MR) is 46.3 cm³/mol. The number of nitrogens with zero attached hydrogens (tertiary/aromatic N) is 3. The minimum absolute atomic E-state index is 0.128. The molecular weight excluding hydrogens is 214 g/mol. The van der Waals surface area contributed by atoms with E-state index in [2.05, 4.69) is 5.10 Å². The van der Waals surface area contributed by atoms with E-state index in [-0.39, 0.29) is 10.7 Å². The van der Waals surface area contributed by atoms with Crippen LogP contribution in [-0.4, -0.2) is 25.8 Å². The van der Waals surface area contributed by atoms with Crippen LogP contribution in [0, 0.1) is 17.0 Å². The molecule has 0 aliphatic carbocycles. The Hall–Kier alpha value is -1.63. The third-order valence-electron chi connectivity index (χ3n) is 1.57. The molecule has 1 aromatic rings. The number of carboxylic acid groups (broad SMARTS) is 1.